The molecule has 12 heteroatoms. The van der Waals surface area contributed by atoms with Crippen LogP contribution in [0.4, 0.5) is 37.7 Å². The van der Waals surface area contributed by atoms with Gasteiger partial charge in [-0.1, -0.05) is 24.3 Å². The summed E-state index contributed by atoms with van der Waals surface area (Å²) in [4.78, 5) is 27.5. The molecule has 4 rings (SSSR count). The molecule has 208 valence electrons. The standard InChI is InChI=1S/C29H16F6N2O4/c30-28(31,32)27(29(33,34)35,19-1-9-23(10-2-19)40-25-13-5-21(6-14-25)36-17-38)20-3-11-24(12-4-20)41-26-15-7-22(8-16-26)37-18-39/h1-16H. The van der Waals surface area contributed by atoms with E-state index in [2.05, 4.69) is 9.98 Å². The topological polar surface area (TPSA) is 77.3 Å². The molecule has 0 spiro atoms. The highest BCUT2D eigenvalue weighted by Gasteiger charge is 2.72. The summed E-state index contributed by atoms with van der Waals surface area (Å²) in [7, 11) is 0. The van der Waals surface area contributed by atoms with Crippen LogP contribution in [-0.4, -0.2) is 24.5 Å². The zero-order valence-corrected chi connectivity index (χ0v) is 20.5. The lowest BCUT2D eigenvalue weighted by atomic mass is 9.73. The van der Waals surface area contributed by atoms with E-state index in [0.717, 1.165) is 24.3 Å². The van der Waals surface area contributed by atoms with Gasteiger partial charge in [-0.15, -0.1) is 0 Å². The molecule has 0 fully saturated rings. The highest BCUT2D eigenvalue weighted by atomic mass is 19.4. The molecule has 0 aliphatic heterocycles. The Kier molecular flexibility index (Phi) is 8.09. The number of isocyanates is 2. The van der Waals surface area contributed by atoms with Crippen LogP contribution in [0.5, 0.6) is 23.0 Å². The smallest absolute Gasteiger partial charge is 0.411 e. The van der Waals surface area contributed by atoms with Gasteiger partial charge in [0.25, 0.3) is 0 Å². The maximum atomic E-state index is 14.5. The van der Waals surface area contributed by atoms with Crippen molar-refractivity contribution in [2.75, 3.05) is 0 Å². The van der Waals surface area contributed by atoms with E-state index < -0.39 is 28.9 Å². The van der Waals surface area contributed by atoms with Crippen LogP contribution in [0.15, 0.2) is 107 Å². The van der Waals surface area contributed by atoms with Crippen molar-refractivity contribution in [3.05, 3.63) is 108 Å². The first kappa shape index (κ1) is 28.8. The second-order valence-electron chi connectivity index (χ2n) is 8.39. The second kappa shape index (κ2) is 11.5. The minimum Gasteiger partial charge on any atom is -0.457 e. The normalized spacial score (nSPS) is 11.7. The highest BCUT2D eigenvalue weighted by Crippen LogP contribution is 2.56. The van der Waals surface area contributed by atoms with Crippen LogP contribution < -0.4 is 9.47 Å². The van der Waals surface area contributed by atoms with Gasteiger partial charge in [-0.2, -0.15) is 36.3 Å². The van der Waals surface area contributed by atoms with Crippen molar-refractivity contribution in [1.82, 2.24) is 0 Å². The summed E-state index contributed by atoms with van der Waals surface area (Å²) in [5, 5.41) is 0. The zero-order chi connectivity index (χ0) is 29.7. The zero-order valence-electron chi connectivity index (χ0n) is 20.5. The number of halogens is 6. The number of hydrogen-bond donors (Lipinski definition) is 0. The van der Waals surface area contributed by atoms with Gasteiger partial charge >= 0.3 is 12.4 Å². The number of benzene rings is 4. The molecular formula is C29H16F6N2O4. The summed E-state index contributed by atoms with van der Waals surface area (Å²) in [6, 6.07) is 18.1. The fourth-order valence-electron chi connectivity index (χ4n) is 4.08. The molecule has 0 bridgehead atoms. The SMILES string of the molecule is O=C=Nc1ccc(Oc2ccc(C(c3ccc(Oc4ccc(N=C=O)cc4)cc3)(C(F)(F)F)C(F)(F)F)cc2)cc1. The summed E-state index contributed by atoms with van der Waals surface area (Å²) in [5.41, 5.74) is -5.94. The van der Waals surface area contributed by atoms with Gasteiger partial charge in [0.1, 0.15) is 23.0 Å². The van der Waals surface area contributed by atoms with Crippen molar-refractivity contribution in [3.63, 3.8) is 0 Å². The van der Waals surface area contributed by atoms with E-state index in [1.807, 2.05) is 0 Å². The number of nitrogens with zero attached hydrogens (tertiary/aromatic N) is 2. The van der Waals surface area contributed by atoms with Gasteiger partial charge in [0.05, 0.1) is 11.4 Å². The Morgan fingerprint density at radius 3 is 0.976 bits per heavy atom. The number of hydrogen-bond acceptors (Lipinski definition) is 6. The molecule has 0 heterocycles. The Labute approximate surface area is 228 Å². The Morgan fingerprint density at radius 2 is 0.732 bits per heavy atom. The minimum atomic E-state index is -5.78. The van der Waals surface area contributed by atoms with Gasteiger partial charge in [0.15, 0.2) is 0 Å². The van der Waals surface area contributed by atoms with Gasteiger partial charge in [0, 0.05) is 0 Å². The molecule has 0 N–H and O–H groups in total. The number of alkyl halides is 6. The van der Waals surface area contributed by atoms with E-state index in [4.69, 9.17) is 9.47 Å². The monoisotopic (exact) mass is 570 g/mol. The number of rotatable bonds is 8. The van der Waals surface area contributed by atoms with Crippen LogP contribution in [-0.2, 0) is 15.0 Å². The van der Waals surface area contributed by atoms with Crippen molar-refractivity contribution in [1.29, 1.82) is 0 Å². The van der Waals surface area contributed by atoms with Crippen molar-refractivity contribution in [2.45, 2.75) is 17.8 Å². The molecule has 0 saturated carbocycles. The molecule has 0 aliphatic rings. The highest BCUT2D eigenvalue weighted by molar-refractivity contribution is 5.52. The molecule has 0 saturated heterocycles. The number of carbonyl (C=O) groups excluding carboxylic acids is 2. The van der Waals surface area contributed by atoms with Gasteiger partial charge in [-0.25, -0.2) is 9.59 Å². The lowest BCUT2D eigenvalue weighted by molar-refractivity contribution is -0.288. The van der Waals surface area contributed by atoms with E-state index in [9.17, 15) is 35.9 Å². The van der Waals surface area contributed by atoms with Crippen LogP contribution in [0.3, 0.4) is 0 Å². The Balaban J connectivity index is 1.67. The maximum absolute atomic E-state index is 14.5. The number of ether oxygens (including phenoxy) is 2. The summed E-state index contributed by atoms with van der Waals surface area (Å²) < 4.78 is 97.9. The third kappa shape index (κ3) is 6.04. The fraction of sp³-hybridized carbons (Fsp3) is 0.103. The first-order valence-electron chi connectivity index (χ1n) is 11.5. The third-order valence-electron chi connectivity index (χ3n) is 5.92. The molecule has 41 heavy (non-hydrogen) atoms. The quantitative estimate of drug-likeness (QED) is 0.121. The Morgan fingerprint density at radius 1 is 0.463 bits per heavy atom. The maximum Gasteiger partial charge on any atom is 0.411 e. The van der Waals surface area contributed by atoms with E-state index in [1.54, 1.807) is 0 Å². The third-order valence-corrected chi connectivity index (χ3v) is 5.92. The Bertz CT molecular complexity index is 1460. The van der Waals surface area contributed by atoms with Gasteiger partial charge < -0.3 is 9.47 Å². The summed E-state index contributed by atoms with van der Waals surface area (Å²) >= 11 is 0. The van der Waals surface area contributed by atoms with Crippen LogP contribution in [0.25, 0.3) is 0 Å². The first-order chi connectivity index (χ1) is 19.5. The predicted octanol–water partition coefficient (Wildman–Crippen LogP) is 8.62. The van der Waals surface area contributed by atoms with Crippen molar-refractivity contribution in [2.24, 2.45) is 9.98 Å². The lowest BCUT2D eigenvalue weighted by Gasteiger charge is -2.38. The molecule has 4 aromatic carbocycles. The average molecular weight is 570 g/mol. The van der Waals surface area contributed by atoms with E-state index >= 15 is 0 Å². The average Bonchev–Trinajstić information content (AvgIpc) is 2.92. The first-order valence-corrected chi connectivity index (χ1v) is 11.5. The molecule has 0 atom stereocenters. The minimum absolute atomic E-state index is 0.0211. The van der Waals surface area contributed by atoms with Crippen LogP contribution in [0.1, 0.15) is 11.1 Å². The molecule has 0 amide bonds. The van der Waals surface area contributed by atoms with Crippen LogP contribution in [0, 0.1) is 0 Å². The van der Waals surface area contributed by atoms with Crippen LogP contribution >= 0.6 is 0 Å². The second-order valence-corrected chi connectivity index (χ2v) is 8.39. The van der Waals surface area contributed by atoms with Crippen molar-refractivity contribution >= 4 is 23.5 Å². The molecule has 6 nitrogen and oxygen atoms in total. The lowest BCUT2D eigenvalue weighted by Crippen LogP contribution is -2.54. The van der Waals surface area contributed by atoms with Crippen molar-refractivity contribution in [3.8, 4) is 23.0 Å². The van der Waals surface area contributed by atoms with Crippen molar-refractivity contribution < 1.29 is 45.4 Å². The van der Waals surface area contributed by atoms with Gasteiger partial charge in [0.2, 0.25) is 17.6 Å². The number of aliphatic imine (C=N–C) groups is 2. The molecule has 0 aromatic heterocycles. The van der Waals surface area contributed by atoms with E-state index in [1.165, 1.54) is 60.7 Å². The van der Waals surface area contributed by atoms with Crippen LogP contribution in [0.2, 0.25) is 0 Å². The molecular weight excluding hydrogens is 554 g/mol. The molecule has 0 aliphatic carbocycles. The van der Waals surface area contributed by atoms with E-state index in [-0.39, 0.29) is 34.4 Å². The Hall–Kier alpha value is -5.18. The fourth-order valence-corrected chi connectivity index (χ4v) is 4.08. The summed E-state index contributed by atoms with van der Waals surface area (Å²) in [5.74, 6) is 0.379. The molecule has 4 aromatic rings. The van der Waals surface area contributed by atoms with Gasteiger partial charge in [-0.05, 0) is 83.9 Å². The molecule has 0 radical (unpaired) electrons. The van der Waals surface area contributed by atoms with E-state index in [0.29, 0.717) is 24.3 Å². The largest absolute Gasteiger partial charge is 0.457 e. The predicted molar refractivity (Wildman–Crippen MR) is 134 cm³/mol. The summed E-state index contributed by atoms with van der Waals surface area (Å²) in [6.45, 7) is 0. The van der Waals surface area contributed by atoms with Gasteiger partial charge in [-0.3, -0.25) is 0 Å². The summed E-state index contributed by atoms with van der Waals surface area (Å²) in [6.07, 6.45) is -8.84. The molecule has 0 unspecified atom stereocenters.